The first-order valence-corrected chi connectivity index (χ1v) is 7.56. The van der Waals surface area contributed by atoms with Crippen molar-refractivity contribution in [1.82, 2.24) is 14.7 Å². The Morgan fingerprint density at radius 2 is 2.35 bits per heavy atom. The van der Waals surface area contributed by atoms with Crippen LogP contribution in [-0.4, -0.2) is 38.8 Å². The SMILES string of the molecule is CCn1nc(C)cc1CN1CCCC(CCC(=O)O)C1. The standard InChI is InChI=1S/C15H25N3O2/c1-3-18-14(9-12(2)16-18)11-17-8-4-5-13(10-17)6-7-15(19)20/h9,13H,3-8,10-11H2,1-2H3,(H,19,20). The van der Waals surface area contributed by atoms with Gasteiger partial charge >= 0.3 is 5.97 Å². The molecular formula is C15H25N3O2. The van der Waals surface area contributed by atoms with Crippen LogP contribution in [0.25, 0.3) is 0 Å². The number of aryl methyl sites for hydroxylation is 2. The molecule has 0 saturated carbocycles. The van der Waals surface area contributed by atoms with Crippen LogP contribution in [0.15, 0.2) is 6.07 Å². The number of nitrogens with zero attached hydrogens (tertiary/aromatic N) is 3. The van der Waals surface area contributed by atoms with Crippen LogP contribution in [0, 0.1) is 12.8 Å². The quantitative estimate of drug-likeness (QED) is 0.868. The minimum atomic E-state index is -0.679. The van der Waals surface area contributed by atoms with Gasteiger partial charge in [0.2, 0.25) is 0 Å². The predicted octanol–water partition coefficient (Wildman–Crippen LogP) is 2.29. The van der Waals surface area contributed by atoms with Crippen LogP contribution in [0.2, 0.25) is 0 Å². The molecular weight excluding hydrogens is 254 g/mol. The third kappa shape index (κ3) is 4.07. The molecule has 1 N–H and O–H groups in total. The average Bonchev–Trinajstić information content (AvgIpc) is 2.77. The lowest BCUT2D eigenvalue weighted by molar-refractivity contribution is -0.137. The van der Waals surface area contributed by atoms with Crippen molar-refractivity contribution in [3.05, 3.63) is 17.5 Å². The molecule has 0 aliphatic carbocycles. The zero-order valence-corrected chi connectivity index (χ0v) is 12.5. The van der Waals surface area contributed by atoms with Crippen LogP contribution in [-0.2, 0) is 17.9 Å². The molecule has 0 aromatic carbocycles. The Bertz CT molecular complexity index is 456. The van der Waals surface area contributed by atoms with Crippen molar-refractivity contribution in [2.45, 2.75) is 52.6 Å². The smallest absolute Gasteiger partial charge is 0.303 e. The number of carboxylic acid groups (broad SMARTS) is 1. The third-order valence-electron chi connectivity index (χ3n) is 4.04. The van der Waals surface area contributed by atoms with E-state index in [9.17, 15) is 4.79 Å². The van der Waals surface area contributed by atoms with Gasteiger partial charge in [0.1, 0.15) is 0 Å². The maximum atomic E-state index is 10.7. The second-order valence-electron chi connectivity index (χ2n) is 5.77. The van der Waals surface area contributed by atoms with Gasteiger partial charge < -0.3 is 5.11 Å². The molecule has 1 atom stereocenters. The molecule has 1 saturated heterocycles. The predicted molar refractivity (Wildman–Crippen MR) is 77.5 cm³/mol. The van der Waals surface area contributed by atoms with E-state index in [0.29, 0.717) is 12.3 Å². The summed E-state index contributed by atoms with van der Waals surface area (Å²) in [5.74, 6) is -0.152. The number of carboxylic acids is 1. The van der Waals surface area contributed by atoms with Crippen molar-refractivity contribution in [2.24, 2.45) is 5.92 Å². The summed E-state index contributed by atoms with van der Waals surface area (Å²) >= 11 is 0. The molecule has 1 aliphatic heterocycles. The molecule has 2 rings (SSSR count). The number of rotatable bonds is 6. The normalized spacial score (nSPS) is 20.2. The molecule has 5 nitrogen and oxygen atoms in total. The molecule has 1 aromatic rings. The monoisotopic (exact) mass is 279 g/mol. The Hall–Kier alpha value is -1.36. The molecule has 5 heteroatoms. The lowest BCUT2D eigenvalue weighted by Gasteiger charge is -2.32. The maximum absolute atomic E-state index is 10.7. The maximum Gasteiger partial charge on any atom is 0.303 e. The van der Waals surface area contributed by atoms with Crippen LogP contribution in [0.4, 0.5) is 0 Å². The van der Waals surface area contributed by atoms with E-state index in [2.05, 4.69) is 27.7 Å². The zero-order valence-electron chi connectivity index (χ0n) is 12.5. The van der Waals surface area contributed by atoms with E-state index in [1.807, 2.05) is 6.92 Å². The number of hydrogen-bond donors (Lipinski definition) is 1. The second-order valence-corrected chi connectivity index (χ2v) is 5.77. The van der Waals surface area contributed by atoms with Crippen LogP contribution >= 0.6 is 0 Å². The highest BCUT2D eigenvalue weighted by Gasteiger charge is 2.21. The fourth-order valence-electron chi connectivity index (χ4n) is 3.09. The summed E-state index contributed by atoms with van der Waals surface area (Å²) in [6.07, 6.45) is 3.43. The number of aliphatic carboxylic acids is 1. The van der Waals surface area contributed by atoms with Crippen LogP contribution in [0.1, 0.15) is 44.0 Å². The van der Waals surface area contributed by atoms with E-state index in [-0.39, 0.29) is 0 Å². The highest BCUT2D eigenvalue weighted by Crippen LogP contribution is 2.22. The lowest BCUT2D eigenvalue weighted by atomic mass is 9.93. The fraction of sp³-hybridized carbons (Fsp3) is 0.733. The van der Waals surface area contributed by atoms with Gasteiger partial charge in [-0.2, -0.15) is 5.10 Å². The summed E-state index contributed by atoms with van der Waals surface area (Å²) in [7, 11) is 0. The largest absolute Gasteiger partial charge is 0.481 e. The average molecular weight is 279 g/mol. The Labute approximate surface area is 120 Å². The van der Waals surface area contributed by atoms with Gasteiger partial charge in [0.25, 0.3) is 0 Å². The Morgan fingerprint density at radius 1 is 1.55 bits per heavy atom. The van der Waals surface area contributed by atoms with Gasteiger partial charge in [0.05, 0.1) is 11.4 Å². The minimum Gasteiger partial charge on any atom is -0.481 e. The van der Waals surface area contributed by atoms with Crippen molar-refractivity contribution in [3.8, 4) is 0 Å². The van der Waals surface area contributed by atoms with Gasteiger partial charge in [-0.05, 0) is 51.6 Å². The van der Waals surface area contributed by atoms with Crippen molar-refractivity contribution in [3.63, 3.8) is 0 Å². The van der Waals surface area contributed by atoms with Gasteiger partial charge in [-0.15, -0.1) is 0 Å². The molecule has 0 amide bonds. The summed E-state index contributed by atoms with van der Waals surface area (Å²) in [6, 6.07) is 2.16. The fourth-order valence-corrected chi connectivity index (χ4v) is 3.09. The molecule has 1 unspecified atom stereocenters. The van der Waals surface area contributed by atoms with Crippen LogP contribution < -0.4 is 0 Å². The third-order valence-corrected chi connectivity index (χ3v) is 4.04. The number of likely N-dealkylation sites (tertiary alicyclic amines) is 1. The Balaban J connectivity index is 1.90. The van der Waals surface area contributed by atoms with E-state index in [1.54, 1.807) is 0 Å². The van der Waals surface area contributed by atoms with Gasteiger partial charge in [-0.25, -0.2) is 0 Å². The summed E-state index contributed by atoms with van der Waals surface area (Å²) in [4.78, 5) is 13.1. The Kier molecular flexibility index (Phi) is 5.17. The molecule has 0 radical (unpaired) electrons. The van der Waals surface area contributed by atoms with Crippen molar-refractivity contribution in [1.29, 1.82) is 0 Å². The van der Waals surface area contributed by atoms with Gasteiger partial charge in [-0.3, -0.25) is 14.4 Å². The summed E-state index contributed by atoms with van der Waals surface area (Å²) in [5.41, 5.74) is 2.34. The van der Waals surface area contributed by atoms with E-state index in [0.717, 1.165) is 44.7 Å². The van der Waals surface area contributed by atoms with Crippen molar-refractivity contribution < 1.29 is 9.90 Å². The number of hydrogen-bond acceptors (Lipinski definition) is 3. The number of aromatic nitrogens is 2. The molecule has 0 bridgehead atoms. The van der Waals surface area contributed by atoms with Crippen molar-refractivity contribution in [2.75, 3.05) is 13.1 Å². The minimum absolute atomic E-state index is 0.296. The van der Waals surface area contributed by atoms with E-state index < -0.39 is 5.97 Å². The first-order chi connectivity index (χ1) is 9.58. The van der Waals surface area contributed by atoms with Gasteiger partial charge in [0.15, 0.2) is 0 Å². The summed E-state index contributed by atoms with van der Waals surface area (Å²) in [6.45, 7) is 8.10. The molecule has 112 valence electrons. The van der Waals surface area contributed by atoms with E-state index >= 15 is 0 Å². The first kappa shape index (κ1) is 15.0. The Morgan fingerprint density at radius 3 is 3.05 bits per heavy atom. The second kappa shape index (κ2) is 6.88. The summed E-state index contributed by atoms with van der Waals surface area (Å²) in [5, 5.41) is 13.3. The zero-order chi connectivity index (χ0) is 14.5. The number of piperidine rings is 1. The lowest BCUT2D eigenvalue weighted by Crippen LogP contribution is -2.35. The van der Waals surface area contributed by atoms with E-state index in [4.69, 9.17) is 5.11 Å². The molecule has 20 heavy (non-hydrogen) atoms. The molecule has 1 aliphatic rings. The molecule has 1 aromatic heterocycles. The number of carbonyl (C=O) groups is 1. The van der Waals surface area contributed by atoms with Crippen LogP contribution in [0.5, 0.6) is 0 Å². The topological polar surface area (TPSA) is 58.4 Å². The summed E-state index contributed by atoms with van der Waals surface area (Å²) < 4.78 is 2.07. The highest BCUT2D eigenvalue weighted by atomic mass is 16.4. The van der Waals surface area contributed by atoms with Crippen LogP contribution in [0.3, 0.4) is 0 Å². The van der Waals surface area contributed by atoms with Crippen molar-refractivity contribution >= 4 is 5.97 Å². The first-order valence-electron chi connectivity index (χ1n) is 7.56. The van der Waals surface area contributed by atoms with Gasteiger partial charge in [-0.1, -0.05) is 0 Å². The molecule has 2 heterocycles. The molecule has 0 spiro atoms. The van der Waals surface area contributed by atoms with Gasteiger partial charge in [0, 0.05) is 26.1 Å². The highest BCUT2D eigenvalue weighted by molar-refractivity contribution is 5.66. The van der Waals surface area contributed by atoms with E-state index in [1.165, 1.54) is 12.1 Å². The molecule has 1 fully saturated rings.